The predicted octanol–water partition coefficient (Wildman–Crippen LogP) is 6.48. The van der Waals surface area contributed by atoms with Crippen LogP contribution in [0.5, 0.6) is 17.2 Å². The van der Waals surface area contributed by atoms with E-state index in [1.807, 2.05) is 32.9 Å². The molecule has 2 amide bonds. The lowest BCUT2D eigenvalue weighted by Gasteiger charge is -2.19. The van der Waals surface area contributed by atoms with Crippen molar-refractivity contribution in [1.29, 1.82) is 0 Å². The van der Waals surface area contributed by atoms with Crippen molar-refractivity contribution in [2.45, 2.75) is 45.6 Å². The maximum absolute atomic E-state index is 12.5. The number of hydrogen-bond donors (Lipinski definition) is 4. The van der Waals surface area contributed by atoms with E-state index in [4.69, 9.17) is 14.2 Å². The molecule has 14 heteroatoms. The molecule has 0 aliphatic carbocycles. The van der Waals surface area contributed by atoms with Gasteiger partial charge >= 0.3 is 6.09 Å². The van der Waals surface area contributed by atoms with Gasteiger partial charge in [-0.25, -0.2) is 4.79 Å². The van der Waals surface area contributed by atoms with E-state index in [0.717, 1.165) is 14.5 Å². The topological polar surface area (TPSA) is 139 Å². The van der Waals surface area contributed by atoms with Gasteiger partial charge in [0.05, 0.1) is 27.1 Å². The molecule has 4 N–H and O–H groups in total. The van der Waals surface area contributed by atoms with Gasteiger partial charge in [0.2, 0.25) is 0 Å². The molecule has 2 aromatic rings. The second-order valence-corrected chi connectivity index (χ2v) is 12.8. The molecular weight excluding hydrogens is 786 g/mol. The zero-order valence-electron chi connectivity index (χ0n) is 22.4. The number of carbonyl (C=O) groups is 2. The highest BCUT2D eigenvalue weighted by Gasteiger charge is 2.20. The number of benzene rings is 2. The Morgan fingerprint density at radius 3 is 2.17 bits per heavy atom. The fraction of sp³-hybridized carbons (Fsp3) is 0.423. The van der Waals surface area contributed by atoms with Gasteiger partial charge < -0.3 is 35.2 Å². The van der Waals surface area contributed by atoms with Gasteiger partial charge in [-0.3, -0.25) is 4.79 Å². The summed E-state index contributed by atoms with van der Waals surface area (Å²) in [5, 5.41) is 28.3. The summed E-state index contributed by atoms with van der Waals surface area (Å²) in [7, 11) is 1.46. The Morgan fingerprint density at radius 2 is 1.60 bits per heavy atom. The molecule has 0 saturated carbocycles. The monoisotopic (exact) mass is 813 g/mol. The second-order valence-electron chi connectivity index (χ2n) is 9.46. The molecule has 0 heterocycles. The molecule has 2 rings (SSSR count). The van der Waals surface area contributed by atoms with Gasteiger partial charge in [-0.1, -0.05) is 5.16 Å². The van der Waals surface area contributed by atoms with Crippen molar-refractivity contribution in [2.24, 2.45) is 5.16 Å². The molecule has 0 fully saturated rings. The number of halogens is 4. The molecule has 2 aromatic carbocycles. The molecule has 220 valence electrons. The molecule has 0 aliphatic rings. The van der Waals surface area contributed by atoms with Crippen LogP contribution in [0.2, 0.25) is 0 Å². The fourth-order valence-electron chi connectivity index (χ4n) is 3.37. The van der Waals surface area contributed by atoms with Gasteiger partial charge in [0, 0.05) is 25.1 Å². The van der Waals surface area contributed by atoms with Gasteiger partial charge in [0.1, 0.15) is 27.3 Å². The first kappa shape index (κ1) is 34.2. The van der Waals surface area contributed by atoms with Crippen LogP contribution in [0.25, 0.3) is 0 Å². The second kappa shape index (κ2) is 15.8. The van der Waals surface area contributed by atoms with E-state index >= 15 is 0 Å². The fourth-order valence-corrected chi connectivity index (χ4v) is 6.41. The van der Waals surface area contributed by atoms with E-state index < -0.39 is 17.6 Å². The number of rotatable bonds is 12. The van der Waals surface area contributed by atoms with Crippen LogP contribution in [0.15, 0.2) is 41.2 Å². The number of phenolic OH excluding ortho intramolecular Hbond substituents is 1. The maximum atomic E-state index is 12.5. The van der Waals surface area contributed by atoms with Gasteiger partial charge in [-0.2, -0.15) is 0 Å². The largest absolute Gasteiger partial charge is 0.506 e. The highest BCUT2D eigenvalue weighted by molar-refractivity contribution is 9.11. The van der Waals surface area contributed by atoms with E-state index in [0.29, 0.717) is 52.0 Å². The molecule has 0 radical (unpaired) electrons. The number of aromatic hydroxyl groups is 1. The summed E-state index contributed by atoms with van der Waals surface area (Å²) < 4.78 is 18.7. The molecule has 40 heavy (non-hydrogen) atoms. The summed E-state index contributed by atoms with van der Waals surface area (Å²) in [6.45, 7) is 6.42. The Morgan fingerprint density at radius 1 is 0.975 bits per heavy atom. The van der Waals surface area contributed by atoms with Crippen LogP contribution in [0, 0.1) is 0 Å². The van der Waals surface area contributed by atoms with Crippen LogP contribution in [-0.4, -0.2) is 60.4 Å². The van der Waals surface area contributed by atoms with Gasteiger partial charge in [0.25, 0.3) is 5.91 Å². The van der Waals surface area contributed by atoms with Crippen molar-refractivity contribution in [2.75, 3.05) is 26.8 Å². The van der Waals surface area contributed by atoms with Crippen molar-refractivity contribution in [1.82, 2.24) is 10.6 Å². The van der Waals surface area contributed by atoms with E-state index in [2.05, 4.69) is 79.5 Å². The molecule has 0 bridgehead atoms. The van der Waals surface area contributed by atoms with Gasteiger partial charge in [-0.15, -0.1) is 0 Å². The minimum absolute atomic E-state index is 0.106. The molecule has 0 atom stereocenters. The van der Waals surface area contributed by atoms with Crippen LogP contribution in [0.3, 0.4) is 0 Å². The third kappa shape index (κ3) is 10.4. The number of alkyl carbamates (subject to hydrolysis) is 1. The van der Waals surface area contributed by atoms with Crippen LogP contribution < -0.4 is 20.1 Å². The number of ether oxygens (including phenoxy) is 3. The van der Waals surface area contributed by atoms with Gasteiger partial charge in [-0.05, 0) is 121 Å². The van der Waals surface area contributed by atoms with E-state index in [-0.39, 0.29) is 24.4 Å². The summed E-state index contributed by atoms with van der Waals surface area (Å²) in [5.74, 6) is 0.316. The van der Waals surface area contributed by atoms with Crippen molar-refractivity contribution in [3.63, 3.8) is 0 Å². The molecule has 0 aromatic heterocycles. The normalized spacial score (nSPS) is 11.7. The first-order valence-corrected chi connectivity index (χ1v) is 15.2. The number of amides is 2. The summed E-state index contributed by atoms with van der Waals surface area (Å²) in [6, 6.07) is 5.41. The van der Waals surface area contributed by atoms with Crippen molar-refractivity contribution < 1.29 is 34.1 Å². The summed E-state index contributed by atoms with van der Waals surface area (Å²) in [6.07, 6.45) is 0.510. The van der Waals surface area contributed by atoms with E-state index in [1.54, 1.807) is 6.07 Å². The average Bonchev–Trinajstić information content (AvgIpc) is 2.85. The lowest BCUT2D eigenvalue weighted by atomic mass is 10.1. The molecule has 0 saturated heterocycles. The zero-order chi connectivity index (χ0) is 30.0. The summed E-state index contributed by atoms with van der Waals surface area (Å²) in [5.41, 5.74) is 0.627. The van der Waals surface area contributed by atoms with E-state index in [1.165, 1.54) is 7.11 Å². The molecule has 10 nitrogen and oxygen atoms in total. The highest BCUT2D eigenvalue weighted by Crippen LogP contribution is 2.42. The lowest BCUT2D eigenvalue weighted by molar-refractivity contribution is -0.115. The quantitative estimate of drug-likeness (QED) is 0.0834. The Kier molecular flexibility index (Phi) is 13.5. The zero-order valence-corrected chi connectivity index (χ0v) is 28.7. The molecular formula is C26H31Br4N3O7. The predicted molar refractivity (Wildman–Crippen MR) is 166 cm³/mol. The average molecular weight is 817 g/mol. The minimum atomic E-state index is -0.573. The third-order valence-corrected chi connectivity index (χ3v) is 7.67. The maximum Gasteiger partial charge on any atom is 0.407 e. The van der Waals surface area contributed by atoms with Crippen LogP contribution in [-0.2, 0) is 22.4 Å². The highest BCUT2D eigenvalue weighted by atomic mass is 79.9. The Labute approximate surface area is 266 Å². The smallest absolute Gasteiger partial charge is 0.407 e. The van der Waals surface area contributed by atoms with Crippen LogP contribution in [0.1, 0.15) is 38.3 Å². The van der Waals surface area contributed by atoms with Gasteiger partial charge in [0.15, 0.2) is 5.75 Å². The number of hydrogen-bond acceptors (Lipinski definition) is 8. The number of nitrogens with one attached hydrogen (secondary N) is 2. The van der Waals surface area contributed by atoms with Crippen LogP contribution >= 0.6 is 63.7 Å². The Balaban J connectivity index is 1.83. The third-order valence-electron chi connectivity index (χ3n) is 5.17. The number of nitrogens with zero attached hydrogens (tertiary/aromatic N) is 1. The Bertz CT molecular complexity index is 1230. The summed E-state index contributed by atoms with van der Waals surface area (Å²) >= 11 is 13.6. The first-order valence-electron chi connectivity index (χ1n) is 12.1. The van der Waals surface area contributed by atoms with E-state index in [9.17, 15) is 19.9 Å². The molecule has 0 aliphatic heterocycles. The number of methoxy groups -OCH3 is 1. The lowest BCUT2D eigenvalue weighted by Crippen LogP contribution is -2.33. The number of oxime groups is 1. The first-order chi connectivity index (χ1) is 18.8. The van der Waals surface area contributed by atoms with Crippen molar-refractivity contribution in [3.05, 3.63) is 47.2 Å². The number of carbonyl (C=O) groups excluding carboxylic acids is 2. The van der Waals surface area contributed by atoms with Crippen molar-refractivity contribution in [3.8, 4) is 17.2 Å². The SMILES string of the molecule is COc1c(Br)cc(C/C(=N\O)C(=O)NCCCOc2c(Br)cc(CCNC(=O)OC(C)(C)C)cc2Br)c(O)c1Br. The molecule has 0 unspecified atom stereocenters. The van der Waals surface area contributed by atoms with Crippen LogP contribution in [0.4, 0.5) is 4.79 Å². The molecule has 0 spiro atoms. The summed E-state index contributed by atoms with van der Waals surface area (Å²) in [4.78, 5) is 24.3. The standard InChI is InChI=1S/C26H31Br4N3O7/c1-26(2,3)40-25(36)32-8-6-14-10-16(27)22(17(28)11-14)39-9-5-7-31-24(35)19(33-37)13-15-12-18(29)23(38-4)20(30)21(15)34/h10-12,34,37H,5-9,13H2,1-4H3,(H,31,35)(H,32,36)/b33-19+. The Hall–Kier alpha value is -2.03. The number of phenols is 1. The minimum Gasteiger partial charge on any atom is -0.506 e. The van der Waals surface area contributed by atoms with Crippen molar-refractivity contribution >= 4 is 81.4 Å².